The maximum absolute atomic E-state index is 6.39. The minimum atomic E-state index is 0.298. The number of rotatable bonds is 4. The van der Waals surface area contributed by atoms with Gasteiger partial charge in [0.1, 0.15) is 0 Å². The maximum Gasteiger partial charge on any atom is 0.0708 e. The fraction of sp³-hybridized carbons (Fsp3) is 1.00. The Morgan fingerprint density at radius 2 is 1.89 bits per heavy atom. The minimum Gasteiger partial charge on any atom is -0.370 e. The molecule has 0 aromatic heterocycles. The number of hydrogen-bond donors (Lipinski definition) is 1. The van der Waals surface area contributed by atoms with Crippen LogP contribution in [0.2, 0.25) is 0 Å². The fourth-order valence-electron chi connectivity index (χ4n) is 3.81. The molecule has 0 amide bonds. The zero-order valence-corrected chi connectivity index (χ0v) is 12.3. The van der Waals surface area contributed by atoms with Crippen molar-refractivity contribution in [3.63, 3.8) is 0 Å². The summed E-state index contributed by atoms with van der Waals surface area (Å²) in [7, 11) is 0. The number of nitrogens with one attached hydrogen (secondary N) is 1. The van der Waals surface area contributed by atoms with Gasteiger partial charge in [0.05, 0.1) is 11.7 Å². The van der Waals surface area contributed by atoms with Crippen LogP contribution in [-0.2, 0) is 4.74 Å². The third-order valence-corrected chi connectivity index (χ3v) is 6.27. The van der Waals surface area contributed by atoms with E-state index < -0.39 is 0 Å². The Bertz CT molecular complexity index is 259. The first kappa shape index (κ1) is 13.3. The molecule has 1 spiro atoms. The van der Waals surface area contributed by atoms with Crippen LogP contribution in [0.1, 0.15) is 57.8 Å². The monoisotopic (exact) mass is 269 g/mol. The summed E-state index contributed by atoms with van der Waals surface area (Å²) in [4.78, 5) is 0. The molecule has 2 saturated heterocycles. The molecule has 2 aliphatic heterocycles. The van der Waals surface area contributed by atoms with Gasteiger partial charge in [-0.25, -0.2) is 0 Å². The first-order chi connectivity index (χ1) is 8.86. The maximum atomic E-state index is 6.39. The lowest BCUT2D eigenvalue weighted by Gasteiger charge is -2.33. The lowest BCUT2D eigenvalue weighted by atomic mass is 9.83. The Kier molecular flexibility index (Phi) is 4.53. The fourth-order valence-corrected chi connectivity index (χ4v) is 5.05. The molecule has 1 aliphatic carbocycles. The van der Waals surface area contributed by atoms with Gasteiger partial charge >= 0.3 is 0 Å². The van der Waals surface area contributed by atoms with E-state index in [-0.39, 0.29) is 0 Å². The quantitative estimate of drug-likeness (QED) is 0.845. The van der Waals surface area contributed by atoms with E-state index in [9.17, 15) is 0 Å². The molecule has 104 valence electrons. The summed E-state index contributed by atoms with van der Waals surface area (Å²) in [6.45, 7) is 2.27. The van der Waals surface area contributed by atoms with Crippen LogP contribution in [0, 0.1) is 0 Å². The predicted molar refractivity (Wildman–Crippen MR) is 78.3 cm³/mol. The van der Waals surface area contributed by atoms with Crippen molar-refractivity contribution in [2.45, 2.75) is 74.7 Å². The highest BCUT2D eigenvalue weighted by atomic mass is 32.2. The second-order valence-corrected chi connectivity index (χ2v) is 7.72. The van der Waals surface area contributed by atoms with Crippen LogP contribution in [0.25, 0.3) is 0 Å². The zero-order chi connectivity index (χ0) is 12.3. The average molecular weight is 269 g/mol. The Balaban J connectivity index is 1.36. The van der Waals surface area contributed by atoms with Crippen LogP contribution < -0.4 is 5.32 Å². The van der Waals surface area contributed by atoms with E-state index in [0.29, 0.717) is 11.7 Å². The number of ether oxygens (including phenoxy) is 1. The van der Waals surface area contributed by atoms with E-state index in [1.54, 1.807) is 0 Å². The van der Waals surface area contributed by atoms with Gasteiger partial charge in [-0.3, -0.25) is 0 Å². The summed E-state index contributed by atoms with van der Waals surface area (Å²) in [6.07, 6.45) is 12.8. The van der Waals surface area contributed by atoms with Gasteiger partial charge in [-0.05, 0) is 44.3 Å². The van der Waals surface area contributed by atoms with Crippen molar-refractivity contribution in [2.75, 3.05) is 18.8 Å². The number of hydrogen-bond acceptors (Lipinski definition) is 3. The summed E-state index contributed by atoms with van der Waals surface area (Å²) in [5.74, 6) is 1.37. The van der Waals surface area contributed by atoms with Gasteiger partial charge in [0, 0.05) is 18.3 Å². The summed E-state index contributed by atoms with van der Waals surface area (Å²) in [5, 5.41) is 4.52. The Morgan fingerprint density at radius 1 is 1.00 bits per heavy atom. The standard InChI is InChI=1S/C15H27NOS/c1-2-7-15(8-3-1)9-6-13(17-15)11-16-12-14-5-4-10-18-14/h13-14,16H,1-12H2. The molecular weight excluding hydrogens is 242 g/mol. The number of thioether (sulfide) groups is 1. The summed E-state index contributed by atoms with van der Waals surface area (Å²) in [6, 6.07) is 0. The molecule has 2 nitrogen and oxygen atoms in total. The predicted octanol–water partition coefficient (Wildman–Crippen LogP) is 3.35. The van der Waals surface area contributed by atoms with Crippen LogP contribution in [0.15, 0.2) is 0 Å². The largest absolute Gasteiger partial charge is 0.370 e. The Labute approximate surface area is 116 Å². The summed E-state index contributed by atoms with van der Waals surface area (Å²) in [5.41, 5.74) is 0.298. The van der Waals surface area contributed by atoms with Crippen molar-refractivity contribution in [2.24, 2.45) is 0 Å². The molecule has 18 heavy (non-hydrogen) atoms. The van der Waals surface area contributed by atoms with Gasteiger partial charge in [0.15, 0.2) is 0 Å². The third kappa shape index (κ3) is 3.23. The molecule has 1 N–H and O–H groups in total. The van der Waals surface area contributed by atoms with E-state index in [1.165, 1.54) is 70.1 Å². The second-order valence-electron chi connectivity index (χ2n) is 6.32. The first-order valence-electron chi connectivity index (χ1n) is 7.86. The van der Waals surface area contributed by atoms with E-state index in [2.05, 4.69) is 17.1 Å². The Hall–Kier alpha value is 0.270. The van der Waals surface area contributed by atoms with Crippen molar-refractivity contribution in [1.82, 2.24) is 5.32 Å². The smallest absolute Gasteiger partial charge is 0.0708 e. The van der Waals surface area contributed by atoms with Gasteiger partial charge in [-0.2, -0.15) is 11.8 Å². The zero-order valence-electron chi connectivity index (χ0n) is 11.5. The molecule has 1 saturated carbocycles. The minimum absolute atomic E-state index is 0.298. The van der Waals surface area contributed by atoms with Crippen molar-refractivity contribution in [3.8, 4) is 0 Å². The van der Waals surface area contributed by atoms with Crippen LogP contribution in [-0.4, -0.2) is 35.8 Å². The normalized spacial score (nSPS) is 35.3. The highest BCUT2D eigenvalue weighted by molar-refractivity contribution is 8.00. The molecule has 2 unspecified atom stereocenters. The molecule has 3 heteroatoms. The van der Waals surface area contributed by atoms with Crippen LogP contribution in [0.4, 0.5) is 0 Å². The second kappa shape index (κ2) is 6.15. The molecule has 3 aliphatic rings. The summed E-state index contributed by atoms with van der Waals surface area (Å²) < 4.78 is 6.39. The van der Waals surface area contributed by atoms with Crippen molar-refractivity contribution < 1.29 is 4.74 Å². The molecule has 0 aromatic rings. The van der Waals surface area contributed by atoms with Gasteiger partial charge in [-0.1, -0.05) is 19.3 Å². The van der Waals surface area contributed by atoms with Gasteiger partial charge in [0.25, 0.3) is 0 Å². The lowest BCUT2D eigenvalue weighted by molar-refractivity contribution is -0.0622. The highest BCUT2D eigenvalue weighted by Gasteiger charge is 2.40. The first-order valence-corrected chi connectivity index (χ1v) is 8.91. The van der Waals surface area contributed by atoms with Crippen molar-refractivity contribution in [1.29, 1.82) is 0 Å². The molecule has 3 rings (SSSR count). The third-order valence-electron chi connectivity index (χ3n) is 4.87. The molecule has 0 bridgehead atoms. The molecule has 2 atom stereocenters. The highest BCUT2D eigenvalue weighted by Crippen LogP contribution is 2.41. The lowest BCUT2D eigenvalue weighted by Crippen LogP contribution is -2.36. The van der Waals surface area contributed by atoms with Crippen LogP contribution in [0.3, 0.4) is 0 Å². The van der Waals surface area contributed by atoms with E-state index in [0.717, 1.165) is 11.8 Å². The van der Waals surface area contributed by atoms with E-state index in [1.807, 2.05) is 0 Å². The average Bonchev–Trinajstić information content (AvgIpc) is 3.02. The SMILES string of the molecule is C1CCC2(CC1)CCC(CNCC1CCCS1)O2. The topological polar surface area (TPSA) is 21.3 Å². The van der Waals surface area contributed by atoms with E-state index >= 15 is 0 Å². The molecule has 0 radical (unpaired) electrons. The van der Waals surface area contributed by atoms with Crippen molar-refractivity contribution in [3.05, 3.63) is 0 Å². The van der Waals surface area contributed by atoms with Gasteiger partial charge in [0.2, 0.25) is 0 Å². The van der Waals surface area contributed by atoms with Crippen molar-refractivity contribution >= 4 is 11.8 Å². The van der Waals surface area contributed by atoms with Crippen LogP contribution >= 0.6 is 11.8 Å². The summed E-state index contributed by atoms with van der Waals surface area (Å²) >= 11 is 2.14. The van der Waals surface area contributed by atoms with Gasteiger partial charge < -0.3 is 10.1 Å². The molecule has 0 aromatic carbocycles. The molecular formula is C15H27NOS. The van der Waals surface area contributed by atoms with Gasteiger partial charge in [-0.15, -0.1) is 0 Å². The van der Waals surface area contributed by atoms with Crippen LogP contribution in [0.5, 0.6) is 0 Å². The Morgan fingerprint density at radius 3 is 2.67 bits per heavy atom. The van der Waals surface area contributed by atoms with E-state index in [4.69, 9.17) is 4.74 Å². The molecule has 3 fully saturated rings. The molecule has 2 heterocycles.